The van der Waals surface area contributed by atoms with Gasteiger partial charge in [-0.2, -0.15) is 0 Å². The Bertz CT molecular complexity index is 717. The van der Waals surface area contributed by atoms with E-state index in [0.717, 1.165) is 38.2 Å². The van der Waals surface area contributed by atoms with Gasteiger partial charge in [-0.3, -0.25) is 9.20 Å². The van der Waals surface area contributed by atoms with Crippen molar-refractivity contribution >= 4 is 11.6 Å². The van der Waals surface area contributed by atoms with Gasteiger partial charge in [-0.25, -0.2) is 4.98 Å². The molecule has 0 aliphatic carbocycles. The fourth-order valence-electron chi connectivity index (χ4n) is 3.35. The third-order valence-electron chi connectivity index (χ3n) is 4.67. The van der Waals surface area contributed by atoms with Crippen LogP contribution in [0.3, 0.4) is 0 Å². The van der Waals surface area contributed by atoms with Crippen LogP contribution in [0.4, 0.5) is 0 Å². The maximum Gasteiger partial charge on any atom is 0.270 e. The van der Waals surface area contributed by atoms with Crippen LogP contribution in [0, 0.1) is 6.92 Å². The molecule has 1 fully saturated rings. The number of nitrogens with zero attached hydrogens (tertiary/aromatic N) is 3. The summed E-state index contributed by atoms with van der Waals surface area (Å²) in [6.07, 6.45) is 3.87. The lowest BCUT2D eigenvalue weighted by Gasteiger charge is -2.31. The molecule has 6 heteroatoms. The Kier molecular flexibility index (Phi) is 5.04. The number of pyridine rings is 1. The molecule has 0 bridgehead atoms. The molecule has 0 saturated carbocycles. The summed E-state index contributed by atoms with van der Waals surface area (Å²) in [5, 5.41) is 3.18. The molecule has 0 atom stereocenters. The van der Waals surface area contributed by atoms with E-state index < -0.39 is 0 Å². The minimum Gasteiger partial charge on any atom is -0.490 e. The Balaban J connectivity index is 1.80. The molecule has 1 aliphatic rings. The highest BCUT2D eigenvalue weighted by atomic mass is 16.5. The zero-order chi connectivity index (χ0) is 17.1. The third-order valence-corrected chi connectivity index (χ3v) is 4.67. The van der Waals surface area contributed by atoms with Gasteiger partial charge in [0, 0.05) is 25.3 Å². The molecule has 1 N–H and O–H groups in total. The first-order chi connectivity index (χ1) is 11.6. The van der Waals surface area contributed by atoms with Gasteiger partial charge in [0.2, 0.25) is 0 Å². The summed E-state index contributed by atoms with van der Waals surface area (Å²) in [5.41, 5.74) is 2.03. The fraction of sp³-hybridized carbons (Fsp3) is 0.556. The van der Waals surface area contributed by atoms with E-state index in [4.69, 9.17) is 4.74 Å². The number of likely N-dealkylation sites (tertiary alicyclic amines) is 1. The highest BCUT2D eigenvalue weighted by Crippen LogP contribution is 2.22. The molecule has 3 rings (SSSR count). The van der Waals surface area contributed by atoms with E-state index >= 15 is 0 Å². The lowest BCUT2D eigenvalue weighted by Crippen LogP contribution is -2.44. The number of carbonyl (C=O) groups is 1. The minimum absolute atomic E-state index is 0.0522. The lowest BCUT2D eigenvalue weighted by atomic mass is 10.0. The molecule has 0 aromatic carbocycles. The number of aromatic nitrogens is 2. The van der Waals surface area contributed by atoms with E-state index in [9.17, 15) is 4.79 Å². The topological polar surface area (TPSA) is 58.9 Å². The molecule has 1 saturated heterocycles. The highest BCUT2D eigenvalue weighted by molar-refractivity contribution is 5.95. The van der Waals surface area contributed by atoms with Gasteiger partial charge in [-0.1, -0.05) is 6.92 Å². The average molecular weight is 330 g/mol. The van der Waals surface area contributed by atoms with Crippen LogP contribution in [0.1, 0.15) is 42.9 Å². The summed E-state index contributed by atoms with van der Waals surface area (Å²) in [4.78, 5) is 19.8. The van der Waals surface area contributed by atoms with Gasteiger partial charge in [-0.15, -0.1) is 0 Å². The number of rotatable bonds is 5. The number of amides is 1. The Morgan fingerprint density at radius 3 is 2.79 bits per heavy atom. The predicted octanol–water partition coefficient (Wildman–Crippen LogP) is 2.26. The second kappa shape index (κ2) is 7.21. The molecule has 130 valence electrons. The molecule has 2 aromatic rings. The van der Waals surface area contributed by atoms with Crippen LogP contribution in [-0.4, -0.2) is 52.5 Å². The number of imidazole rings is 1. The van der Waals surface area contributed by atoms with Gasteiger partial charge in [0.1, 0.15) is 5.69 Å². The van der Waals surface area contributed by atoms with Crippen molar-refractivity contribution in [1.29, 1.82) is 0 Å². The number of nitrogens with one attached hydrogen (secondary N) is 1. The van der Waals surface area contributed by atoms with E-state index in [2.05, 4.69) is 22.1 Å². The first-order valence-corrected chi connectivity index (χ1v) is 8.77. The van der Waals surface area contributed by atoms with Gasteiger partial charge in [0.05, 0.1) is 12.3 Å². The normalized spacial score (nSPS) is 16.5. The lowest BCUT2D eigenvalue weighted by molar-refractivity contribution is 0.0906. The Labute approximate surface area is 142 Å². The molecule has 24 heavy (non-hydrogen) atoms. The van der Waals surface area contributed by atoms with E-state index in [1.165, 1.54) is 0 Å². The number of carbonyl (C=O) groups excluding carboxylic acids is 1. The van der Waals surface area contributed by atoms with Crippen LogP contribution in [0.15, 0.2) is 18.3 Å². The van der Waals surface area contributed by atoms with Crippen LogP contribution in [-0.2, 0) is 0 Å². The summed E-state index contributed by atoms with van der Waals surface area (Å²) in [5.74, 6) is 0.655. The van der Waals surface area contributed by atoms with Crippen LogP contribution >= 0.6 is 0 Å². The van der Waals surface area contributed by atoms with Gasteiger partial charge in [0.25, 0.3) is 5.91 Å². The molecular weight excluding hydrogens is 304 g/mol. The monoisotopic (exact) mass is 330 g/mol. The largest absolute Gasteiger partial charge is 0.490 e. The second-order valence-electron chi connectivity index (χ2n) is 6.23. The van der Waals surface area contributed by atoms with Crippen molar-refractivity contribution in [3.63, 3.8) is 0 Å². The quantitative estimate of drug-likeness (QED) is 0.913. The van der Waals surface area contributed by atoms with Gasteiger partial charge in [-0.05, 0) is 45.4 Å². The van der Waals surface area contributed by atoms with E-state index in [0.29, 0.717) is 23.7 Å². The molecular formula is C18H26N4O2. The Hall–Kier alpha value is -2.08. The SMILES string of the molecule is CCOc1cccn2c(C(=O)NC3CCN(CC)CC3)c(C)nc12. The summed E-state index contributed by atoms with van der Waals surface area (Å²) >= 11 is 0. The smallest absolute Gasteiger partial charge is 0.270 e. The fourth-order valence-corrected chi connectivity index (χ4v) is 3.35. The molecule has 1 aliphatic heterocycles. The summed E-state index contributed by atoms with van der Waals surface area (Å²) < 4.78 is 7.45. The van der Waals surface area contributed by atoms with Crippen molar-refractivity contribution in [2.24, 2.45) is 0 Å². The molecule has 0 spiro atoms. The standard InChI is InChI=1S/C18H26N4O2/c1-4-21-11-8-14(9-12-21)20-18(23)16-13(3)19-17-15(24-5-2)7-6-10-22(16)17/h6-7,10,14H,4-5,8-9,11-12H2,1-3H3,(H,20,23). The maximum absolute atomic E-state index is 12.8. The average Bonchev–Trinajstić information content (AvgIpc) is 2.93. The van der Waals surface area contributed by atoms with Crippen LogP contribution in [0.5, 0.6) is 5.75 Å². The number of piperidine rings is 1. The predicted molar refractivity (Wildman–Crippen MR) is 93.7 cm³/mol. The van der Waals surface area contributed by atoms with Crippen molar-refractivity contribution in [1.82, 2.24) is 19.6 Å². The van der Waals surface area contributed by atoms with Crippen LogP contribution < -0.4 is 10.1 Å². The Morgan fingerprint density at radius 1 is 1.38 bits per heavy atom. The molecule has 0 unspecified atom stereocenters. The zero-order valence-corrected chi connectivity index (χ0v) is 14.7. The summed E-state index contributed by atoms with van der Waals surface area (Å²) in [6.45, 7) is 9.73. The van der Waals surface area contributed by atoms with E-state index in [1.54, 1.807) is 0 Å². The van der Waals surface area contributed by atoms with Gasteiger partial charge in [0.15, 0.2) is 11.4 Å². The summed E-state index contributed by atoms with van der Waals surface area (Å²) in [6, 6.07) is 4.00. The minimum atomic E-state index is -0.0522. The van der Waals surface area contributed by atoms with Crippen LogP contribution in [0.2, 0.25) is 0 Å². The molecule has 6 nitrogen and oxygen atoms in total. The number of ether oxygens (including phenoxy) is 1. The molecule has 3 heterocycles. The van der Waals surface area contributed by atoms with Gasteiger partial charge < -0.3 is 15.0 Å². The Morgan fingerprint density at radius 2 is 2.12 bits per heavy atom. The first kappa shape index (κ1) is 16.8. The van der Waals surface area contributed by atoms with Crippen molar-refractivity contribution < 1.29 is 9.53 Å². The maximum atomic E-state index is 12.8. The van der Waals surface area contributed by atoms with Crippen molar-refractivity contribution in [3.8, 4) is 5.75 Å². The van der Waals surface area contributed by atoms with Crippen molar-refractivity contribution in [2.75, 3.05) is 26.2 Å². The van der Waals surface area contributed by atoms with E-state index in [1.807, 2.05) is 36.6 Å². The number of fused-ring (bicyclic) bond motifs is 1. The number of hydrogen-bond acceptors (Lipinski definition) is 4. The van der Waals surface area contributed by atoms with Crippen molar-refractivity contribution in [3.05, 3.63) is 29.7 Å². The number of hydrogen-bond donors (Lipinski definition) is 1. The van der Waals surface area contributed by atoms with Crippen molar-refractivity contribution in [2.45, 2.75) is 39.7 Å². The molecule has 1 amide bonds. The third kappa shape index (κ3) is 3.24. The molecule has 2 aromatic heterocycles. The van der Waals surface area contributed by atoms with E-state index in [-0.39, 0.29) is 11.9 Å². The first-order valence-electron chi connectivity index (χ1n) is 8.77. The van der Waals surface area contributed by atoms with Crippen LogP contribution in [0.25, 0.3) is 5.65 Å². The summed E-state index contributed by atoms with van der Waals surface area (Å²) in [7, 11) is 0. The highest BCUT2D eigenvalue weighted by Gasteiger charge is 2.24. The van der Waals surface area contributed by atoms with Gasteiger partial charge >= 0.3 is 0 Å². The zero-order valence-electron chi connectivity index (χ0n) is 14.7. The molecule has 0 radical (unpaired) electrons. The second-order valence-corrected chi connectivity index (χ2v) is 6.23. The number of aryl methyl sites for hydroxylation is 1.